The number of piperidine rings is 1. The van der Waals surface area contributed by atoms with Gasteiger partial charge in [-0.2, -0.15) is 0 Å². The number of esters is 1. The molecule has 1 radical (unpaired) electrons. The number of amides is 1. The number of hydrogen-bond donors (Lipinski definition) is 4. The third-order valence-corrected chi connectivity index (χ3v) is 15.5. The van der Waals surface area contributed by atoms with Crippen LogP contribution in [0.3, 0.4) is 0 Å². The highest BCUT2D eigenvalue weighted by Gasteiger charge is 2.55. The van der Waals surface area contributed by atoms with Crippen LogP contribution in [0.25, 0.3) is 0 Å². The van der Waals surface area contributed by atoms with Gasteiger partial charge in [0, 0.05) is 58.7 Å². The Morgan fingerprint density at radius 3 is 2.23 bits per heavy atom. The maximum atomic E-state index is 14.5. The minimum atomic E-state index is -2.14. The van der Waals surface area contributed by atoms with Crippen LogP contribution < -0.4 is 5.32 Å². The minimum Gasteiger partial charge on any atom is -0.456 e. The summed E-state index contributed by atoms with van der Waals surface area (Å²) in [6, 6.07) is -0.594. The molecule has 4 N–H and O–H groups in total. The summed E-state index contributed by atoms with van der Waals surface area (Å²) in [6.45, 7) is 10.3. The summed E-state index contributed by atoms with van der Waals surface area (Å²) in [5.74, 6) is -5.14. The summed E-state index contributed by atoms with van der Waals surface area (Å²) in [5, 5.41) is 38.5. The van der Waals surface area contributed by atoms with Gasteiger partial charge in [0.2, 0.25) is 5.78 Å². The molecule has 5 aliphatic rings. The molecule has 3 heterocycles. The summed E-state index contributed by atoms with van der Waals surface area (Å²) in [6.07, 6.45) is 15.4. The number of carbonyl (C=O) groups is 4. The number of cyclic esters (lactones) is 1. The van der Waals surface area contributed by atoms with E-state index >= 15 is 0 Å². The van der Waals surface area contributed by atoms with Gasteiger partial charge in [-0.1, -0.05) is 69.9 Å². The molecule has 0 aromatic carbocycles. The van der Waals surface area contributed by atoms with Gasteiger partial charge in [0.15, 0.2) is 7.28 Å². The van der Waals surface area contributed by atoms with Crippen LogP contribution in [0.5, 0.6) is 0 Å². The number of aliphatic hydroxyl groups excluding tert-OH is 2. The van der Waals surface area contributed by atoms with E-state index in [9.17, 15) is 34.5 Å². The van der Waals surface area contributed by atoms with E-state index in [4.69, 9.17) is 18.9 Å². The van der Waals surface area contributed by atoms with Gasteiger partial charge in [0.25, 0.3) is 5.91 Å². The van der Waals surface area contributed by atoms with Gasteiger partial charge in [0.1, 0.15) is 23.4 Å². The van der Waals surface area contributed by atoms with Crippen molar-refractivity contribution in [1.82, 2.24) is 10.2 Å². The van der Waals surface area contributed by atoms with E-state index in [-0.39, 0.29) is 49.2 Å². The Balaban J connectivity index is 1.51. The third kappa shape index (κ3) is 13.9. The van der Waals surface area contributed by atoms with Gasteiger partial charge in [0.05, 0.1) is 30.5 Å². The average molecular weight is 910 g/mol. The number of ketones is 2. The van der Waals surface area contributed by atoms with Gasteiger partial charge >= 0.3 is 5.97 Å². The van der Waals surface area contributed by atoms with E-state index in [1.165, 1.54) is 37.0 Å². The number of Topliss-reactive ketones (excluding diaryl/α,β-unsaturated/α-hetero) is 2. The number of hydrogen-bond acceptors (Lipinski definition) is 12. The lowest BCUT2D eigenvalue weighted by Gasteiger charge is -2.47. The Labute approximate surface area is 390 Å². The first-order chi connectivity index (χ1) is 31.0. The summed E-state index contributed by atoms with van der Waals surface area (Å²) in [4.78, 5) is 59.0. The molecule has 14 heteroatoms. The summed E-state index contributed by atoms with van der Waals surface area (Å²) in [7, 11) is 6.33. The topological polar surface area (TPSA) is 181 Å². The Kier molecular flexibility index (Phi) is 20.5. The van der Waals surface area contributed by atoms with Gasteiger partial charge in [-0.25, -0.2) is 4.79 Å². The van der Waals surface area contributed by atoms with Crippen LogP contribution in [-0.2, 0) is 38.1 Å². The van der Waals surface area contributed by atoms with E-state index < -0.39 is 77.2 Å². The lowest BCUT2D eigenvalue weighted by molar-refractivity contribution is -0.167. The predicted octanol–water partition coefficient (Wildman–Crippen LogP) is 6.04. The van der Waals surface area contributed by atoms with Crippen molar-refractivity contribution >= 4 is 30.7 Å². The lowest BCUT2D eigenvalue weighted by atomic mass is 9.39. The molecule has 2 aliphatic carbocycles. The number of methoxy groups -OCH3 is 3. The number of nitrogens with zero attached hydrogens (tertiary/aromatic N) is 1. The summed E-state index contributed by atoms with van der Waals surface area (Å²) in [5.41, 5.74) is -0.444. The van der Waals surface area contributed by atoms with E-state index in [0.29, 0.717) is 69.4 Å². The molecule has 1 amide bonds. The maximum absolute atomic E-state index is 14.5. The van der Waals surface area contributed by atoms with Gasteiger partial charge in [-0.3, -0.25) is 14.4 Å². The maximum Gasteiger partial charge on any atom is 0.329 e. The van der Waals surface area contributed by atoms with Crippen molar-refractivity contribution < 1.29 is 53.4 Å². The molecular formula is C51H82BN2O11. The second-order valence-electron chi connectivity index (χ2n) is 20.5. The third-order valence-electron chi connectivity index (χ3n) is 15.5. The first-order valence-corrected chi connectivity index (χ1v) is 24.9. The molecule has 4 fully saturated rings. The molecule has 2 bridgehead atoms. The van der Waals surface area contributed by atoms with Crippen LogP contribution in [0.1, 0.15) is 137 Å². The predicted molar refractivity (Wildman–Crippen MR) is 251 cm³/mol. The smallest absolute Gasteiger partial charge is 0.329 e. The van der Waals surface area contributed by atoms with Crippen LogP contribution in [0.15, 0.2) is 35.5 Å². The number of ether oxygens (including phenoxy) is 4. The van der Waals surface area contributed by atoms with Crippen molar-refractivity contribution in [3.63, 3.8) is 0 Å². The molecule has 2 saturated heterocycles. The molecule has 2 saturated carbocycles. The van der Waals surface area contributed by atoms with E-state index in [1.807, 2.05) is 26.0 Å². The lowest BCUT2D eigenvalue weighted by Crippen LogP contribution is -2.64. The molecule has 13 nitrogen and oxygen atoms in total. The number of allylic oxidation sites excluding steroid dienone is 4. The molecule has 14 atom stereocenters. The van der Waals surface area contributed by atoms with E-state index in [2.05, 4.69) is 24.4 Å². The highest BCUT2D eigenvalue weighted by Crippen LogP contribution is 2.42. The molecule has 0 aromatic heterocycles. The Bertz CT molecular complexity index is 1680. The fourth-order valence-electron chi connectivity index (χ4n) is 11.5. The van der Waals surface area contributed by atoms with Gasteiger partial charge in [-0.05, 0) is 120 Å². The van der Waals surface area contributed by atoms with Crippen LogP contribution in [0, 0.1) is 29.6 Å². The second-order valence-corrected chi connectivity index (χ2v) is 20.5. The average Bonchev–Trinajstić information content (AvgIpc) is 3.29. The highest BCUT2D eigenvalue weighted by molar-refractivity contribution is 6.58. The zero-order chi connectivity index (χ0) is 47.4. The van der Waals surface area contributed by atoms with Crippen molar-refractivity contribution in [1.29, 1.82) is 0 Å². The largest absolute Gasteiger partial charge is 0.456 e. The molecule has 5 rings (SSSR count). The van der Waals surface area contributed by atoms with Crippen molar-refractivity contribution in [2.24, 2.45) is 29.6 Å². The summed E-state index contributed by atoms with van der Waals surface area (Å²) >= 11 is 0. The summed E-state index contributed by atoms with van der Waals surface area (Å²) < 4.78 is 24.0. The normalized spacial score (nSPS) is 39.2. The molecule has 365 valence electrons. The number of aliphatic hydroxyl groups is 3. The quantitative estimate of drug-likeness (QED) is 0.0866. The Morgan fingerprint density at radius 2 is 1.54 bits per heavy atom. The van der Waals surface area contributed by atoms with Crippen LogP contribution in [0.4, 0.5) is 0 Å². The van der Waals surface area contributed by atoms with Crippen LogP contribution >= 0.6 is 0 Å². The molecule has 0 aromatic rings. The van der Waals surface area contributed by atoms with Crippen molar-refractivity contribution in [3.05, 3.63) is 35.5 Å². The molecular weight excluding hydrogens is 827 g/mol. The monoisotopic (exact) mass is 910 g/mol. The standard InChI is InChI=1S/C51H82BN2O11/c1-31-24-32(2)26-44(63-7)46-45(64-8)28-34(4)51(61,52-46)48(58)49(59)54-23-15-13-19-39(54)50(60)65-47(33(3)27-36-20-21-40(55)43(29-36)62-6)35(5)41(56)30-42(57)37(25-31)16-12-14-22-53-38-17-10-9-11-18-38/h12,14,25,27,32,34-41,43-47,53,55-56,61H,9-11,13,15-24,26,28-30H2,1-8H3/b14-12+,31-25+,33-27+/t32-,34+,35+,36-,37+,39-,40+,41-,43+,44-,45-,46+,47+,51-/m0/s1. The van der Waals surface area contributed by atoms with Crippen LogP contribution in [0.2, 0.25) is 5.82 Å². The fourth-order valence-corrected chi connectivity index (χ4v) is 11.5. The van der Waals surface area contributed by atoms with Gasteiger partial charge < -0.3 is 44.5 Å². The molecule has 65 heavy (non-hydrogen) atoms. The number of nitrogens with one attached hydrogen (secondary N) is 1. The Morgan fingerprint density at radius 1 is 0.862 bits per heavy atom. The van der Waals surface area contributed by atoms with E-state index in [0.717, 1.165) is 12.1 Å². The number of carbonyl (C=O) groups excluding carboxylic acids is 4. The number of rotatable bonds is 10. The number of fused-ring (bicyclic) bond motifs is 3. The fraction of sp³-hybridized carbons (Fsp3) is 0.804. The second kappa shape index (κ2) is 25.1. The zero-order valence-corrected chi connectivity index (χ0v) is 40.8. The molecule has 0 unspecified atom stereocenters. The van der Waals surface area contributed by atoms with E-state index in [1.54, 1.807) is 42.5 Å². The minimum absolute atomic E-state index is 0.00321. The van der Waals surface area contributed by atoms with Crippen LogP contribution in [-0.4, -0.2) is 140 Å². The first kappa shape index (κ1) is 53.2. The SMILES string of the molecule is CO[C@H]1C[C@@H](C)C/C(C)=C/[C@@H](C/C=C/CNC2CCCCC2)C(=O)C[C@H](O)[C@@H](C)[C@@H](/C(C)=C/[C@@H]2CC[C@@H](O)[C@H](OC)C2)OC(=O)[C@@H]2CCCCN2C(=O)C(=O)[C@]2(O)[B][C@H]1[C@@H](OC)C[C@H]2C. The van der Waals surface area contributed by atoms with Gasteiger partial charge in [-0.15, -0.1) is 0 Å². The molecule has 3 aliphatic heterocycles. The Hall–Kier alpha value is -2.72. The first-order valence-electron chi connectivity index (χ1n) is 24.9. The van der Waals surface area contributed by atoms with Crippen molar-refractivity contribution in [2.75, 3.05) is 34.4 Å². The van der Waals surface area contributed by atoms with Crippen molar-refractivity contribution in [3.8, 4) is 0 Å². The van der Waals surface area contributed by atoms with Crippen molar-refractivity contribution in [2.45, 2.75) is 197 Å². The highest BCUT2D eigenvalue weighted by atomic mass is 16.5. The molecule has 0 spiro atoms. The zero-order valence-electron chi connectivity index (χ0n) is 40.8.